The second-order valence-electron chi connectivity index (χ2n) is 3.90. The Kier molecular flexibility index (Phi) is 4.24. The van der Waals surface area contributed by atoms with Crippen molar-refractivity contribution in [3.63, 3.8) is 0 Å². The summed E-state index contributed by atoms with van der Waals surface area (Å²) in [4.78, 5) is 1.34. The van der Waals surface area contributed by atoms with Gasteiger partial charge in [-0.3, -0.25) is 0 Å². The quantitative estimate of drug-likeness (QED) is 0.703. The van der Waals surface area contributed by atoms with E-state index in [1.165, 1.54) is 16.1 Å². The lowest BCUT2D eigenvalue weighted by Gasteiger charge is -1.83. The zero-order valence-electron chi connectivity index (χ0n) is 10.7. The predicted molar refractivity (Wildman–Crippen MR) is 67.0 cm³/mol. The second-order valence-corrected chi connectivity index (χ2v) is 4.88. The van der Waals surface area contributed by atoms with Crippen molar-refractivity contribution in [3.05, 3.63) is 33.2 Å². The van der Waals surface area contributed by atoms with E-state index in [1.54, 1.807) is 11.5 Å². The first kappa shape index (κ1) is 12.9. The third-order valence-electron chi connectivity index (χ3n) is 2.78. The van der Waals surface area contributed by atoms with E-state index < -0.39 is 0 Å². The number of hydrogen-bond acceptors (Lipinski definition) is 4. The normalized spacial score (nSPS) is 9.88. The average Bonchev–Trinajstić information content (AvgIpc) is 2.70. The van der Waals surface area contributed by atoms with Crippen LogP contribution in [0.4, 0.5) is 0 Å². The van der Waals surface area contributed by atoms with Crippen LogP contribution < -0.4 is 0 Å². The molecule has 2 heterocycles. The van der Waals surface area contributed by atoms with Crippen LogP contribution in [0.1, 0.15) is 33.2 Å². The van der Waals surface area contributed by atoms with Gasteiger partial charge in [0.1, 0.15) is 5.76 Å². The molecule has 0 aliphatic heterocycles. The Morgan fingerprint density at radius 2 is 1.50 bits per heavy atom. The third kappa shape index (κ3) is 2.92. The molecule has 0 saturated carbocycles. The molecule has 2 aromatic rings. The molecule has 0 spiro atoms. The molecule has 16 heavy (non-hydrogen) atoms. The highest BCUT2D eigenvalue weighted by Gasteiger charge is 2.00. The molecule has 0 amide bonds. The SMILES string of the molecule is Cc1noc(C)c1C.Cc1nsc(C)c1C. The van der Waals surface area contributed by atoms with Gasteiger partial charge in [-0.05, 0) is 58.6 Å². The molecule has 0 aliphatic carbocycles. The Labute approximate surface area is 101 Å². The third-order valence-corrected chi connectivity index (χ3v) is 3.73. The van der Waals surface area contributed by atoms with E-state index in [0.29, 0.717) is 0 Å². The van der Waals surface area contributed by atoms with Gasteiger partial charge in [-0.1, -0.05) is 5.16 Å². The molecule has 0 N–H and O–H groups in total. The maximum Gasteiger partial charge on any atom is 0.136 e. The first-order valence-corrected chi connectivity index (χ1v) is 5.99. The summed E-state index contributed by atoms with van der Waals surface area (Å²) in [5, 5.41) is 3.74. The minimum absolute atomic E-state index is 0.919. The Balaban J connectivity index is 0.000000160. The number of hydrogen-bond donors (Lipinski definition) is 0. The fraction of sp³-hybridized carbons (Fsp3) is 0.500. The van der Waals surface area contributed by atoms with E-state index in [2.05, 4.69) is 23.4 Å². The lowest BCUT2D eigenvalue weighted by atomic mass is 10.2. The Morgan fingerprint density at radius 1 is 0.875 bits per heavy atom. The van der Waals surface area contributed by atoms with Crippen molar-refractivity contribution in [2.24, 2.45) is 0 Å². The highest BCUT2D eigenvalue weighted by Crippen LogP contribution is 2.14. The zero-order chi connectivity index (χ0) is 12.3. The van der Waals surface area contributed by atoms with Gasteiger partial charge in [0, 0.05) is 10.4 Å². The van der Waals surface area contributed by atoms with Gasteiger partial charge >= 0.3 is 0 Å². The molecule has 2 aromatic heterocycles. The van der Waals surface area contributed by atoms with Gasteiger partial charge in [0.05, 0.1) is 11.4 Å². The standard InChI is InChI=1S/C6H9NO.C6H9NS/c2*1-4-5(2)7-8-6(4)3/h2*1-3H3. The van der Waals surface area contributed by atoms with Gasteiger partial charge in [0.2, 0.25) is 0 Å². The lowest BCUT2D eigenvalue weighted by molar-refractivity contribution is 0.392. The molecule has 0 atom stereocenters. The number of rotatable bonds is 0. The van der Waals surface area contributed by atoms with Crippen molar-refractivity contribution in [1.82, 2.24) is 9.53 Å². The summed E-state index contributed by atoms with van der Waals surface area (Å²) < 4.78 is 9.00. The van der Waals surface area contributed by atoms with Crippen molar-refractivity contribution in [2.45, 2.75) is 41.5 Å². The molecule has 88 valence electrons. The molecule has 0 aromatic carbocycles. The second kappa shape index (κ2) is 5.25. The molecular weight excluding hydrogens is 220 g/mol. The van der Waals surface area contributed by atoms with E-state index in [1.807, 2.05) is 27.7 Å². The fourth-order valence-electron chi connectivity index (χ4n) is 1.06. The Bertz CT molecular complexity index is 388. The summed E-state index contributed by atoms with van der Waals surface area (Å²) >= 11 is 1.58. The van der Waals surface area contributed by atoms with Crippen LogP contribution in [0, 0.1) is 41.5 Å². The number of aromatic nitrogens is 2. The molecule has 4 heteroatoms. The van der Waals surface area contributed by atoms with Crippen LogP contribution >= 0.6 is 11.5 Å². The lowest BCUT2D eigenvalue weighted by Crippen LogP contribution is -1.73. The van der Waals surface area contributed by atoms with Crippen LogP contribution in [0.5, 0.6) is 0 Å². The summed E-state index contributed by atoms with van der Waals surface area (Å²) in [6, 6.07) is 0. The maximum atomic E-state index is 4.84. The maximum absolute atomic E-state index is 4.84. The molecular formula is C12H18N2OS. The van der Waals surface area contributed by atoms with Gasteiger partial charge in [-0.2, -0.15) is 4.37 Å². The molecule has 0 aliphatic rings. The van der Waals surface area contributed by atoms with Gasteiger partial charge in [0.25, 0.3) is 0 Å². The van der Waals surface area contributed by atoms with Crippen LogP contribution in [-0.2, 0) is 0 Å². The van der Waals surface area contributed by atoms with E-state index in [-0.39, 0.29) is 0 Å². The highest BCUT2D eigenvalue weighted by molar-refractivity contribution is 7.05. The minimum atomic E-state index is 0.919. The van der Waals surface area contributed by atoms with Gasteiger partial charge in [0.15, 0.2) is 0 Å². The summed E-state index contributed by atoms with van der Waals surface area (Å²) in [5.74, 6) is 0.919. The number of nitrogens with zero attached hydrogens (tertiary/aromatic N) is 2. The van der Waals surface area contributed by atoms with Crippen molar-refractivity contribution in [1.29, 1.82) is 0 Å². The topological polar surface area (TPSA) is 38.9 Å². The molecule has 0 unspecified atom stereocenters. The molecule has 0 saturated heterocycles. The minimum Gasteiger partial charge on any atom is -0.361 e. The first-order valence-electron chi connectivity index (χ1n) is 5.22. The summed E-state index contributed by atoms with van der Waals surface area (Å²) in [7, 11) is 0. The predicted octanol–water partition coefficient (Wildman–Crippen LogP) is 3.67. The molecule has 0 bridgehead atoms. The van der Waals surface area contributed by atoms with Crippen LogP contribution in [-0.4, -0.2) is 9.53 Å². The van der Waals surface area contributed by atoms with Crippen LogP contribution in [0.25, 0.3) is 0 Å². The van der Waals surface area contributed by atoms with Crippen LogP contribution in [0.3, 0.4) is 0 Å². The largest absolute Gasteiger partial charge is 0.361 e. The smallest absolute Gasteiger partial charge is 0.136 e. The van der Waals surface area contributed by atoms with E-state index in [9.17, 15) is 0 Å². The zero-order valence-corrected chi connectivity index (χ0v) is 11.5. The Morgan fingerprint density at radius 3 is 1.62 bits per heavy atom. The van der Waals surface area contributed by atoms with Crippen molar-refractivity contribution in [3.8, 4) is 0 Å². The first-order chi connectivity index (χ1) is 7.43. The van der Waals surface area contributed by atoms with E-state index >= 15 is 0 Å². The van der Waals surface area contributed by atoms with Crippen LogP contribution in [0.15, 0.2) is 4.52 Å². The van der Waals surface area contributed by atoms with Crippen LogP contribution in [0.2, 0.25) is 0 Å². The van der Waals surface area contributed by atoms with E-state index in [4.69, 9.17) is 4.52 Å². The summed E-state index contributed by atoms with van der Waals surface area (Å²) in [5.41, 5.74) is 4.66. The monoisotopic (exact) mass is 238 g/mol. The number of aryl methyl sites for hydroxylation is 4. The van der Waals surface area contributed by atoms with Gasteiger partial charge in [-0.25, -0.2) is 0 Å². The van der Waals surface area contributed by atoms with Gasteiger partial charge < -0.3 is 4.52 Å². The summed E-state index contributed by atoms with van der Waals surface area (Å²) in [6.07, 6.45) is 0. The van der Waals surface area contributed by atoms with E-state index in [0.717, 1.165) is 17.0 Å². The Hall–Kier alpha value is -1.16. The summed E-state index contributed by atoms with van der Waals surface area (Å²) in [6.45, 7) is 12.1. The molecule has 3 nitrogen and oxygen atoms in total. The van der Waals surface area contributed by atoms with Crippen molar-refractivity contribution < 1.29 is 4.52 Å². The molecule has 2 rings (SSSR count). The van der Waals surface area contributed by atoms with Crippen molar-refractivity contribution in [2.75, 3.05) is 0 Å². The highest BCUT2D eigenvalue weighted by atomic mass is 32.1. The van der Waals surface area contributed by atoms with Crippen molar-refractivity contribution >= 4 is 11.5 Å². The van der Waals surface area contributed by atoms with Gasteiger partial charge in [-0.15, -0.1) is 0 Å². The molecule has 0 fully saturated rings. The average molecular weight is 238 g/mol. The fourth-order valence-corrected chi connectivity index (χ4v) is 1.75. The molecule has 0 radical (unpaired) electrons.